The average molecular weight is 221 g/mol. The summed E-state index contributed by atoms with van der Waals surface area (Å²) in [4.78, 5) is 1.00. The van der Waals surface area contributed by atoms with Crippen LogP contribution in [-0.4, -0.2) is 10.2 Å². The van der Waals surface area contributed by atoms with Crippen LogP contribution >= 0.6 is 11.3 Å². The van der Waals surface area contributed by atoms with Crippen molar-refractivity contribution in [2.75, 3.05) is 0 Å². The highest BCUT2D eigenvalue weighted by molar-refractivity contribution is 7.10. The van der Waals surface area contributed by atoms with Crippen molar-refractivity contribution >= 4 is 11.3 Å². The van der Waals surface area contributed by atoms with Crippen LogP contribution in [0.4, 0.5) is 0 Å². The zero-order valence-electron chi connectivity index (χ0n) is 7.92. The minimum absolute atomic E-state index is 0.0250. The smallest absolute Gasteiger partial charge is 0.119 e. The molecule has 78 valence electrons. The van der Waals surface area contributed by atoms with E-state index in [1.54, 1.807) is 23.5 Å². The van der Waals surface area contributed by atoms with Crippen molar-refractivity contribution in [2.45, 2.75) is 6.04 Å². The van der Waals surface area contributed by atoms with Gasteiger partial charge in [0.2, 0.25) is 0 Å². The standard InChI is InChI=1S/C11H11NO2S/c12-11(10-2-1-3-15-10)7-4-8(13)6-9(14)5-7/h1-6,11,13-14H,12H2/t11-/m0/s1. The summed E-state index contributed by atoms with van der Waals surface area (Å²) in [5.41, 5.74) is 6.69. The number of aromatic hydroxyl groups is 2. The van der Waals surface area contributed by atoms with Gasteiger partial charge in [0.15, 0.2) is 0 Å². The van der Waals surface area contributed by atoms with Gasteiger partial charge in [-0.3, -0.25) is 0 Å². The summed E-state index contributed by atoms with van der Waals surface area (Å²) in [5.74, 6) is 0.0500. The molecule has 0 amide bonds. The van der Waals surface area contributed by atoms with Crippen molar-refractivity contribution in [1.82, 2.24) is 0 Å². The lowest BCUT2D eigenvalue weighted by molar-refractivity contribution is 0.448. The molecule has 2 rings (SSSR count). The van der Waals surface area contributed by atoms with Crippen LogP contribution in [0, 0.1) is 0 Å². The summed E-state index contributed by atoms with van der Waals surface area (Å²) in [5, 5.41) is 20.6. The van der Waals surface area contributed by atoms with Gasteiger partial charge >= 0.3 is 0 Å². The van der Waals surface area contributed by atoms with Gasteiger partial charge in [-0.1, -0.05) is 6.07 Å². The fourth-order valence-electron chi connectivity index (χ4n) is 1.43. The maximum atomic E-state index is 9.33. The molecule has 3 nitrogen and oxygen atoms in total. The Kier molecular flexibility index (Phi) is 2.62. The summed E-state index contributed by atoms with van der Waals surface area (Å²) in [6.45, 7) is 0. The molecule has 0 spiro atoms. The Balaban J connectivity index is 2.37. The fourth-order valence-corrected chi connectivity index (χ4v) is 2.18. The van der Waals surface area contributed by atoms with Crippen molar-refractivity contribution in [2.24, 2.45) is 5.73 Å². The maximum absolute atomic E-state index is 9.33. The van der Waals surface area contributed by atoms with E-state index in [9.17, 15) is 10.2 Å². The van der Waals surface area contributed by atoms with Gasteiger partial charge in [0.25, 0.3) is 0 Å². The molecular weight excluding hydrogens is 210 g/mol. The molecule has 15 heavy (non-hydrogen) atoms. The van der Waals surface area contributed by atoms with Crippen LogP contribution in [0.25, 0.3) is 0 Å². The molecule has 2 aromatic rings. The Bertz CT molecular complexity index is 433. The lowest BCUT2D eigenvalue weighted by Crippen LogP contribution is -2.09. The first-order valence-electron chi connectivity index (χ1n) is 4.49. The third-order valence-electron chi connectivity index (χ3n) is 2.13. The molecule has 0 radical (unpaired) electrons. The van der Waals surface area contributed by atoms with E-state index in [4.69, 9.17) is 5.73 Å². The van der Waals surface area contributed by atoms with Gasteiger partial charge < -0.3 is 15.9 Å². The van der Waals surface area contributed by atoms with Crippen molar-refractivity contribution in [3.05, 3.63) is 46.2 Å². The molecule has 1 aromatic carbocycles. The first-order valence-corrected chi connectivity index (χ1v) is 5.36. The Hall–Kier alpha value is -1.52. The lowest BCUT2D eigenvalue weighted by atomic mass is 10.1. The highest BCUT2D eigenvalue weighted by atomic mass is 32.1. The Labute approximate surface area is 91.4 Å². The second-order valence-electron chi connectivity index (χ2n) is 3.28. The molecule has 0 aliphatic rings. The van der Waals surface area contributed by atoms with Crippen molar-refractivity contribution < 1.29 is 10.2 Å². The number of phenolic OH excluding ortho intramolecular Hbond substituents is 2. The monoisotopic (exact) mass is 221 g/mol. The summed E-state index contributed by atoms with van der Waals surface area (Å²) in [6.07, 6.45) is 0. The molecule has 0 fully saturated rings. The van der Waals surface area contributed by atoms with E-state index in [1.807, 2.05) is 17.5 Å². The molecule has 0 aliphatic carbocycles. The number of nitrogens with two attached hydrogens (primary N) is 1. The van der Waals surface area contributed by atoms with Crippen LogP contribution in [0.2, 0.25) is 0 Å². The molecule has 1 heterocycles. The van der Waals surface area contributed by atoms with Crippen LogP contribution in [0.3, 0.4) is 0 Å². The molecule has 4 heteroatoms. The van der Waals surface area contributed by atoms with Crippen molar-refractivity contribution in [3.63, 3.8) is 0 Å². The number of rotatable bonds is 2. The minimum Gasteiger partial charge on any atom is -0.508 e. The summed E-state index contributed by atoms with van der Waals surface area (Å²) in [7, 11) is 0. The topological polar surface area (TPSA) is 66.5 Å². The molecule has 0 saturated carbocycles. The van der Waals surface area contributed by atoms with Crippen molar-refractivity contribution in [1.29, 1.82) is 0 Å². The second-order valence-corrected chi connectivity index (χ2v) is 4.26. The minimum atomic E-state index is -0.303. The normalized spacial score (nSPS) is 12.6. The first kappa shape index (κ1) is 10.0. The molecule has 0 bridgehead atoms. The molecule has 1 atom stereocenters. The number of phenols is 2. The SMILES string of the molecule is N[C@@H](c1cc(O)cc(O)c1)c1cccs1. The number of hydrogen-bond acceptors (Lipinski definition) is 4. The van der Waals surface area contributed by atoms with Gasteiger partial charge in [0.1, 0.15) is 11.5 Å². The zero-order chi connectivity index (χ0) is 10.8. The number of benzene rings is 1. The van der Waals surface area contributed by atoms with Gasteiger partial charge in [0, 0.05) is 10.9 Å². The van der Waals surface area contributed by atoms with Crippen LogP contribution in [-0.2, 0) is 0 Å². The van der Waals surface area contributed by atoms with E-state index < -0.39 is 0 Å². The highest BCUT2D eigenvalue weighted by Gasteiger charge is 2.11. The van der Waals surface area contributed by atoms with E-state index in [1.165, 1.54) is 6.07 Å². The van der Waals surface area contributed by atoms with Gasteiger partial charge in [0.05, 0.1) is 6.04 Å². The van der Waals surface area contributed by atoms with Gasteiger partial charge in [-0.15, -0.1) is 11.3 Å². The van der Waals surface area contributed by atoms with E-state index in [0.717, 1.165) is 4.88 Å². The van der Waals surface area contributed by atoms with E-state index >= 15 is 0 Å². The molecule has 0 aliphatic heterocycles. The molecular formula is C11H11NO2S. The first-order chi connectivity index (χ1) is 7.16. The largest absolute Gasteiger partial charge is 0.508 e. The maximum Gasteiger partial charge on any atom is 0.119 e. The Morgan fingerprint density at radius 1 is 1.13 bits per heavy atom. The Morgan fingerprint density at radius 3 is 2.33 bits per heavy atom. The average Bonchev–Trinajstić information content (AvgIpc) is 2.67. The highest BCUT2D eigenvalue weighted by Crippen LogP contribution is 2.29. The second kappa shape index (κ2) is 3.92. The zero-order valence-corrected chi connectivity index (χ0v) is 8.74. The predicted molar refractivity (Wildman–Crippen MR) is 60.1 cm³/mol. The fraction of sp³-hybridized carbons (Fsp3) is 0.0909. The van der Waals surface area contributed by atoms with E-state index in [0.29, 0.717) is 5.56 Å². The van der Waals surface area contributed by atoms with Crippen LogP contribution in [0.15, 0.2) is 35.7 Å². The third kappa shape index (κ3) is 2.11. The number of thiophene rings is 1. The summed E-state index contributed by atoms with van der Waals surface area (Å²) < 4.78 is 0. The Morgan fingerprint density at radius 2 is 1.80 bits per heavy atom. The predicted octanol–water partition coefficient (Wildman–Crippen LogP) is 2.21. The summed E-state index contributed by atoms with van der Waals surface area (Å²) >= 11 is 1.55. The lowest BCUT2D eigenvalue weighted by Gasteiger charge is -2.10. The van der Waals surface area contributed by atoms with Crippen LogP contribution in [0.1, 0.15) is 16.5 Å². The molecule has 1 aromatic heterocycles. The van der Waals surface area contributed by atoms with Crippen molar-refractivity contribution in [3.8, 4) is 11.5 Å². The number of hydrogen-bond donors (Lipinski definition) is 3. The van der Waals surface area contributed by atoms with Crippen LogP contribution in [0.5, 0.6) is 11.5 Å². The third-order valence-corrected chi connectivity index (χ3v) is 3.09. The van der Waals surface area contributed by atoms with Gasteiger partial charge in [-0.25, -0.2) is 0 Å². The molecule has 0 unspecified atom stereocenters. The van der Waals surface area contributed by atoms with Gasteiger partial charge in [-0.05, 0) is 29.1 Å². The van der Waals surface area contributed by atoms with Gasteiger partial charge in [-0.2, -0.15) is 0 Å². The quantitative estimate of drug-likeness (QED) is 0.728. The van der Waals surface area contributed by atoms with E-state index in [-0.39, 0.29) is 17.5 Å². The molecule has 0 saturated heterocycles. The van der Waals surface area contributed by atoms with Crippen LogP contribution < -0.4 is 5.73 Å². The summed E-state index contributed by atoms with van der Waals surface area (Å²) in [6, 6.07) is 7.95. The van der Waals surface area contributed by atoms with E-state index in [2.05, 4.69) is 0 Å². The molecule has 4 N–H and O–H groups in total.